The van der Waals surface area contributed by atoms with Crippen molar-refractivity contribution < 1.29 is 0 Å². The van der Waals surface area contributed by atoms with Crippen LogP contribution in [0.3, 0.4) is 0 Å². The Hall–Kier alpha value is -0.595. The molecule has 62 valence electrons. The largest absolute Gasteiger partial charge is 0.403 e. The quantitative estimate of drug-likeness (QED) is 0.486. The van der Waals surface area contributed by atoms with Gasteiger partial charge in [0.1, 0.15) is 0 Å². The van der Waals surface area contributed by atoms with E-state index < -0.39 is 0 Å². The zero-order valence-electron chi connectivity index (χ0n) is 8.13. The van der Waals surface area contributed by atoms with Crippen LogP contribution in [0.2, 0.25) is 5.31 Å². The highest BCUT2D eigenvalue weighted by Gasteiger charge is 2.38. The fraction of sp³-hybridized carbons (Fsp3) is 0.750. The molecule has 0 unspecified atom stereocenters. The van der Waals surface area contributed by atoms with Crippen LogP contribution in [0, 0.1) is 0 Å². The third-order valence-corrected chi connectivity index (χ3v) is 2.08. The van der Waals surface area contributed by atoms with Gasteiger partial charge in [0.25, 0.3) is 0 Å². The molecule has 0 saturated heterocycles. The number of hydrogen-bond donors (Lipinski definition) is 0. The molecule has 11 heavy (non-hydrogen) atoms. The number of nitrogens with zero attached hydrogens (tertiary/aromatic N) is 2. The van der Waals surface area contributed by atoms with Gasteiger partial charge in [-0.1, -0.05) is 20.8 Å². The Kier molecular flexibility index (Phi) is 1.91. The zero-order valence-corrected chi connectivity index (χ0v) is 8.13. The predicted molar refractivity (Wildman–Crippen MR) is 50.1 cm³/mol. The highest BCUT2D eigenvalue weighted by Crippen LogP contribution is 2.32. The summed E-state index contributed by atoms with van der Waals surface area (Å²) >= 11 is 0. The smallest absolute Gasteiger partial charge is 0.379 e. The van der Waals surface area contributed by atoms with E-state index in [0.29, 0.717) is 12.3 Å². The molecule has 0 aromatic carbocycles. The van der Waals surface area contributed by atoms with Crippen molar-refractivity contribution >= 4 is 6.98 Å². The molecule has 0 aromatic heterocycles. The van der Waals surface area contributed by atoms with Crippen molar-refractivity contribution in [1.29, 1.82) is 0 Å². The second kappa shape index (κ2) is 2.47. The molecule has 0 aliphatic carbocycles. The van der Waals surface area contributed by atoms with Crippen LogP contribution in [0.1, 0.15) is 20.8 Å². The molecule has 1 aliphatic rings. The molecule has 0 N–H and O–H groups in total. The van der Waals surface area contributed by atoms with Crippen LogP contribution in [-0.2, 0) is 0 Å². The third-order valence-electron chi connectivity index (χ3n) is 2.08. The Balaban J connectivity index is 2.74. The van der Waals surface area contributed by atoms with Crippen molar-refractivity contribution in [3.63, 3.8) is 0 Å². The zero-order chi connectivity index (χ0) is 8.65. The van der Waals surface area contributed by atoms with Crippen molar-refractivity contribution in [2.45, 2.75) is 26.1 Å². The van der Waals surface area contributed by atoms with Crippen LogP contribution in [0.15, 0.2) is 12.4 Å². The van der Waals surface area contributed by atoms with Gasteiger partial charge in [0, 0.05) is 12.4 Å². The van der Waals surface area contributed by atoms with Crippen molar-refractivity contribution in [3.8, 4) is 0 Å². The van der Waals surface area contributed by atoms with Gasteiger partial charge in [0.2, 0.25) is 0 Å². The summed E-state index contributed by atoms with van der Waals surface area (Å²) < 4.78 is 0. The molecular weight excluding hydrogens is 135 g/mol. The summed E-state index contributed by atoms with van der Waals surface area (Å²) in [6.45, 7) is 7.29. The van der Waals surface area contributed by atoms with Crippen LogP contribution in [-0.4, -0.2) is 30.7 Å². The van der Waals surface area contributed by atoms with Crippen LogP contribution >= 0.6 is 0 Å². The molecule has 0 atom stereocenters. The van der Waals surface area contributed by atoms with Crippen LogP contribution in [0.4, 0.5) is 0 Å². The van der Waals surface area contributed by atoms with Crippen molar-refractivity contribution in [2.24, 2.45) is 0 Å². The van der Waals surface area contributed by atoms with Gasteiger partial charge in [-0.15, -0.1) is 0 Å². The topological polar surface area (TPSA) is 6.48 Å². The Morgan fingerprint density at radius 1 is 1.00 bits per heavy atom. The van der Waals surface area contributed by atoms with Gasteiger partial charge in [-0.05, 0) is 19.4 Å². The van der Waals surface area contributed by atoms with Crippen molar-refractivity contribution in [2.75, 3.05) is 14.1 Å². The Morgan fingerprint density at radius 2 is 1.36 bits per heavy atom. The first kappa shape index (κ1) is 8.50. The van der Waals surface area contributed by atoms with E-state index >= 15 is 0 Å². The average Bonchev–Trinajstić information content (AvgIpc) is 2.08. The van der Waals surface area contributed by atoms with E-state index in [-0.39, 0.29) is 0 Å². The minimum Gasteiger partial charge on any atom is -0.403 e. The summed E-state index contributed by atoms with van der Waals surface area (Å²) in [5.74, 6) is 0. The van der Waals surface area contributed by atoms with Crippen molar-refractivity contribution in [3.05, 3.63) is 12.4 Å². The average molecular weight is 152 g/mol. The molecule has 1 aliphatic heterocycles. The Morgan fingerprint density at radius 3 is 1.55 bits per heavy atom. The first-order valence-corrected chi connectivity index (χ1v) is 4.05. The van der Waals surface area contributed by atoms with E-state index in [1.54, 1.807) is 0 Å². The van der Waals surface area contributed by atoms with E-state index in [0.717, 1.165) is 0 Å². The first-order chi connectivity index (χ1) is 4.93. The van der Waals surface area contributed by atoms with E-state index in [1.807, 2.05) is 0 Å². The molecule has 3 heteroatoms. The summed E-state index contributed by atoms with van der Waals surface area (Å²) in [6.07, 6.45) is 4.24. The standard InChI is InChI=1S/C8H17BN2/c1-8(2,3)9-10(4)6-7-11(9)5/h6-7H,1-5H3. The van der Waals surface area contributed by atoms with Gasteiger partial charge >= 0.3 is 6.98 Å². The summed E-state index contributed by atoms with van der Waals surface area (Å²) in [6, 6.07) is 0. The first-order valence-electron chi connectivity index (χ1n) is 4.05. The van der Waals surface area contributed by atoms with Crippen LogP contribution in [0.5, 0.6) is 0 Å². The lowest BCUT2D eigenvalue weighted by molar-refractivity contribution is 0.551. The lowest BCUT2D eigenvalue weighted by Gasteiger charge is -2.33. The third kappa shape index (κ3) is 1.52. The summed E-state index contributed by atoms with van der Waals surface area (Å²) in [5.41, 5.74) is 0. The molecule has 1 heterocycles. The molecule has 0 saturated carbocycles. The second-order valence-corrected chi connectivity index (χ2v) is 4.37. The van der Waals surface area contributed by atoms with Crippen molar-refractivity contribution in [1.82, 2.24) is 9.62 Å². The molecule has 0 amide bonds. The van der Waals surface area contributed by atoms with Crippen LogP contribution < -0.4 is 0 Å². The normalized spacial score (nSPS) is 18.5. The summed E-state index contributed by atoms with van der Waals surface area (Å²) in [4.78, 5) is 4.50. The maximum Gasteiger partial charge on any atom is 0.379 e. The monoisotopic (exact) mass is 152 g/mol. The minimum atomic E-state index is 0.312. The molecule has 0 aromatic rings. The highest BCUT2D eigenvalue weighted by molar-refractivity contribution is 6.57. The second-order valence-electron chi connectivity index (χ2n) is 4.37. The van der Waals surface area contributed by atoms with Gasteiger partial charge in [0.15, 0.2) is 0 Å². The lowest BCUT2D eigenvalue weighted by Crippen LogP contribution is -2.46. The van der Waals surface area contributed by atoms with E-state index in [2.05, 4.69) is 56.9 Å². The predicted octanol–water partition coefficient (Wildman–Crippen LogP) is 1.62. The highest BCUT2D eigenvalue weighted by atomic mass is 15.2. The maximum atomic E-state index is 2.26. The van der Waals surface area contributed by atoms with E-state index in [9.17, 15) is 0 Å². The molecule has 1 rings (SSSR count). The molecular formula is C8H17BN2. The summed E-state index contributed by atoms with van der Waals surface area (Å²) in [7, 11) is 4.24. The number of hydrogen-bond acceptors (Lipinski definition) is 2. The lowest BCUT2D eigenvalue weighted by atomic mass is 9.51. The van der Waals surface area contributed by atoms with Gasteiger partial charge in [-0.2, -0.15) is 0 Å². The molecule has 0 fully saturated rings. The van der Waals surface area contributed by atoms with E-state index in [4.69, 9.17) is 0 Å². The molecule has 0 spiro atoms. The maximum absolute atomic E-state index is 2.26. The fourth-order valence-corrected chi connectivity index (χ4v) is 1.88. The minimum absolute atomic E-state index is 0.312. The fourth-order valence-electron chi connectivity index (χ4n) is 1.88. The van der Waals surface area contributed by atoms with Gasteiger partial charge in [0.05, 0.1) is 0 Å². The molecule has 0 radical (unpaired) electrons. The van der Waals surface area contributed by atoms with Gasteiger partial charge < -0.3 is 9.62 Å². The SMILES string of the molecule is CN1C=CN(C)B1C(C)(C)C. The molecule has 0 bridgehead atoms. The van der Waals surface area contributed by atoms with E-state index in [1.165, 1.54) is 0 Å². The van der Waals surface area contributed by atoms with Gasteiger partial charge in [-0.25, -0.2) is 0 Å². The van der Waals surface area contributed by atoms with Gasteiger partial charge in [-0.3, -0.25) is 0 Å². The summed E-state index contributed by atoms with van der Waals surface area (Å²) in [5, 5.41) is 0.312. The molecule has 2 nitrogen and oxygen atoms in total. The van der Waals surface area contributed by atoms with Crippen LogP contribution in [0.25, 0.3) is 0 Å². The Labute approximate surface area is 70.0 Å². The Bertz CT molecular complexity index is 159. The number of rotatable bonds is 0.